The van der Waals surface area contributed by atoms with Crippen LogP contribution in [0.3, 0.4) is 0 Å². The van der Waals surface area contributed by atoms with Gasteiger partial charge in [-0.25, -0.2) is 0 Å². The molecule has 0 bridgehead atoms. The summed E-state index contributed by atoms with van der Waals surface area (Å²) in [5.74, 6) is 0. The quantitative estimate of drug-likeness (QED) is 0.600. The monoisotopic (exact) mass is 146 g/mol. The molecule has 0 aliphatic carbocycles. The lowest BCUT2D eigenvalue weighted by Crippen LogP contribution is -1.87. The van der Waals surface area contributed by atoms with Crippen molar-refractivity contribution >= 4 is 5.57 Å². The molecule has 58 valence electrons. The molecule has 0 heterocycles. The molecule has 0 atom stereocenters. The second-order valence-electron chi connectivity index (χ2n) is 2.79. The van der Waals surface area contributed by atoms with Gasteiger partial charge in [0.2, 0.25) is 0 Å². The van der Waals surface area contributed by atoms with Crippen molar-refractivity contribution in [3.63, 3.8) is 0 Å². The lowest BCUT2D eigenvalue weighted by Gasteiger charge is -2.05. The van der Waals surface area contributed by atoms with E-state index in [2.05, 4.69) is 44.7 Å². The predicted molar refractivity (Wildman–Crippen MR) is 50.5 cm³/mol. The Kier molecular flexibility index (Phi) is 2.48. The SMILES string of the molecule is C=C(C)c1ccccc1CC. The van der Waals surface area contributed by atoms with Crippen LogP contribution in [0.15, 0.2) is 30.8 Å². The molecule has 0 aromatic heterocycles. The molecular formula is C11H14. The van der Waals surface area contributed by atoms with Gasteiger partial charge in [-0.15, -0.1) is 0 Å². The topological polar surface area (TPSA) is 0 Å². The fourth-order valence-corrected chi connectivity index (χ4v) is 1.24. The summed E-state index contributed by atoms with van der Waals surface area (Å²) >= 11 is 0. The average Bonchev–Trinajstić information content (AvgIpc) is 2.04. The molecule has 0 spiro atoms. The van der Waals surface area contributed by atoms with Gasteiger partial charge in [0.1, 0.15) is 0 Å². The summed E-state index contributed by atoms with van der Waals surface area (Å²) in [7, 11) is 0. The molecule has 1 aromatic carbocycles. The molecule has 0 nitrogen and oxygen atoms in total. The molecule has 1 rings (SSSR count). The van der Waals surface area contributed by atoms with E-state index in [0.717, 1.165) is 12.0 Å². The summed E-state index contributed by atoms with van der Waals surface area (Å²) in [6.45, 7) is 8.15. The lowest BCUT2D eigenvalue weighted by molar-refractivity contribution is 1.13. The fourth-order valence-electron chi connectivity index (χ4n) is 1.24. The molecule has 0 saturated heterocycles. The molecule has 11 heavy (non-hydrogen) atoms. The minimum absolute atomic E-state index is 1.09. The standard InChI is InChI=1S/C11H14/c1-4-10-7-5-6-8-11(10)9(2)3/h5-8H,2,4H2,1,3H3. The third-order valence-electron chi connectivity index (χ3n) is 1.86. The van der Waals surface area contributed by atoms with Crippen LogP contribution in [-0.2, 0) is 6.42 Å². The third kappa shape index (κ3) is 1.70. The maximum Gasteiger partial charge on any atom is -0.0201 e. The fraction of sp³-hybridized carbons (Fsp3) is 0.273. The van der Waals surface area contributed by atoms with Gasteiger partial charge >= 0.3 is 0 Å². The number of hydrogen-bond acceptors (Lipinski definition) is 0. The Hall–Kier alpha value is -1.04. The highest BCUT2D eigenvalue weighted by Gasteiger charge is 1.97. The lowest BCUT2D eigenvalue weighted by atomic mass is 10.0. The van der Waals surface area contributed by atoms with E-state index < -0.39 is 0 Å². The molecule has 1 aromatic rings. The number of allylic oxidation sites excluding steroid dienone is 1. The van der Waals surface area contributed by atoms with Crippen molar-refractivity contribution < 1.29 is 0 Å². The minimum atomic E-state index is 1.09. The zero-order chi connectivity index (χ0) is 8.27. The smallest absolute Gasteiger partial charge is 0.0201 e. The Morgan fingerprint density at radius 3 is 2.45 bits per heavy atom. The molecular weight excluding hydrogens is 132 g/mol. The van der Waals surface area contributed by atoms with Gasteiger partial charge in [-0.1, -0.05) is 43.3 Å². The molecule has 0 aliphatic heterocycles. The maximum absolute atomic E-state index is 3.93. The van der Waals surface area contributed by atoms with E-state index in [1.165, 1.54) is 11.1 Å². The number of benzene rings is 1. The van der Waals surface area contributed by atoms with Gasteiger partial charge in [-0.3, -0.25) is 0 Å². The van der Waals surface area contributed by atoms with Gasteiger partial charge in [0.25, 0.3) is 0 Å². The van der Waals surface area contributed by atoms with Crippen molar-refractivity contribution in [1.29, 1.82) is 0 Å². The second kappa shape index (κ2) is 3.38. The van der Waals surface area contributed by atoms with Crippen LogP contribution in [0, 0.1) is 0 Å². The zero-order valence-electron chi connectivity index (χ0n) is 7.22. The van der Waals surface area contributed by atoms with Crippen LogP contribution >= 0.6 is 0 Å². The number of rotatable bonds is 2. The van der Waals surface area contributed by atoms with Crippen LogP contribution < -0.4 is 0 Å². The van der Waals surface area contributed by atoms with Gasteiger partial charge in [0.15, 0.2) is 0 Å². The van der Waals surface area contributed by atoms with Crippen molar-refractivity contribution in [3.8, 4) is 0 Å². The van der Waals surface area contributed by atoms with E-state index in [1.807, 2.05) is 0 Å². The summed E-state index contributed by atoms with van der Waals surface area (Å²) in [5.41, 5.74) is 3.84. The molecule has 0 unspecified atom stereocenters. The molecule has 0 saturated carbocycles. The van der Waals surface area contributed by atoms with Crippen molar-refractivity contribution in [2.75, 3.05) is 0 Å². The molecule has 0 radical (unpaired) electrons. The summed E-state index contributed by atoms with van der Waals surface area (Å²) in [6, 6.07) is 8.42. The van der Waals surface area contributed by atoms with E-state index in [0.29, 0.717) is 0 Å². The third-order valence-corrected chi connectivity index (χ3v) is 1.86. The normalized spacial score (nSPS) is 9.64. The molecule has 0 amide bonds. The van der Waals surface area contributed by atoms with E-state index in [4.69, 9.17) is 0 Å². The average molecular weight is 146 g/mol. The minimum Gasteiger partial charge on any atom is -0.0955 e. The van der Waals surface area contributed by atoms with Crippen molar-refractivity contribution in [2.24, 2.45) is 0 Å². The van der Waals surface area contributed by atoms with Crippen molar-refractivity contribution in [2.45, 2.75) is 20.3 Å². The van der Waals surface area contributed by atoms with Gasteiger partial charge < -0.3 is 0 Å². The summed E-state index contributed by atoms with van der Waals surface area (Å²) in [5, 5.41) is 0. The molecule has 0 fully saturated rings. The van der Waals surface area contributed by atoms with Crippen molar-refractivity contribution in [3.05, 3.63) is 42.0 Å². The van der Waals surface area contributed by atoms with Crippen LogP contribution in [0.2, 0.25) is 0 Å². The molecule has 0 N–H and O–H groups in total. The Bertz CT molecular complexity index is 258. The Labute approximate surface area is 68.6 Å². The van der Waals surface area contributed by atoms with E-state index in [1.54, 1.807) is 0 Å². The number of aryl methyl sites for hydroxylation is 1. The van der Waals surface area contributed by atoms with E-state index in [-0.39, 0.29) is 0 Å². The first kappa shape index (κ1) is 8.06. The zero-order valence-corrected chi connectivity index (χ0v) is 7.22. The van der Waals surface area contributed by atoms with Gasteiger partial charge in [0, 0.05) is 0 Å². The van der Waals surface area contributed by atoms with Crippen LogP contribution in [0.5, 0.6) is 0 Å². The first-order chi connectivity index (χ1) is 5.25. The first-order valence-corrected chi connectivity index (χ1v) is 3.99. The van der Waals surface area contributed by atoms with Gasteiger partial charge in [-0.05, 0) is 24.5 Å². The highest BCUT2D eigenvalue weighted by atomic mass is 14.0. The highest BCUT2D eigenvalue weighted by molar-refractivity contribution is 5.64. The first-order valence-electron chi connectivity index (χ1n) is 3.99. The van der Waals surface area contributed by atoms with E-state index in [9.17, 15) is 0 Å². The predicted octanol–water partition coefficient (Wildman–Crippen LogP) is 3.28. The van der Waals surface area contributed by atoms with Crippen LogP contribution in [0.4, 0.5) is 0 Å². The van der Waals surface area contributed by atoms with Crippen LogP contribution in [0.25, 0.3) is 5.57 Å². The van der Waals surface area contributed by atoms with E-state index >= 15 is 0 Å². The number of hydrogen-bond donors (Lipinski definition) is 0. The van der Waals surface area contributed by atoms with Gasteiger partial charge in [0.05, 0.1) is 0 Å². The largest absolute Gasteiger partial charge is 0.0955 e. The van der Waals surface area contributed by atoms with Crippen LogP contribution in [-0.4, -0.2) is 0 Å². The maximum atomic E-state index is 3.93. The highest BCUT2D eigenvalue weighted by Crippen LogP contribution is 2.16. The Morgan fingerprint density at radius 2 is 2.00 bits per heavy atom. The van der Waals surface area contributed by atoms with Crippen LogP contribution in [0.1, 0.15) is 25.0 Å². The Balaban J connectivity index is 3.12. The summed E-state index contributed by atoms with van der Waals surface area (Å²) in [4.78, 5) is 0. The second-order valence-corrected chi connectivity index (χ2v) is 2.79. The summed E-state index contributed by atoms with van der Waals surface area (Å²) in [6.07, 6.45) is 1.09. The van der Waals surface area contributed by atoms with Gasteiger partial charge in [-0.2, -0.15) is 0 Å². The van der Waals surface area contributed by atoms with Crippen molar-refractivity contribution in [1.82, 2.24) is 0 Å². The molecule has 0 heteroatoms. The Morgan fingerprint density at radius 1 is 1.36 bits per heavy atom. The summed E-state index contributed by atoms with van der Waals surface area (Å²) < 4.78 is 0. The molecule has 0 aliphatic rings.